The summed E-state index contributed by atoms with van der Waals surface area (Å²) in [6, 6.07) is 10.3. The molecule has 0 aliphatic heterocycles. The number of hydrogen-bond acceptors (Lipinski definition) is 2. The summed E-state index contributed by atoms with van der Waals surface area (Å²) in [5.41, 5.74) is 3.27. The van der Waals surface area contributed by atoms with Gasteiger partial charge >= 0.3 is 0 Å². The van der Waals surface area contributed by atoms with E-state index in [4.69, 9.17) is 0 Å². The zero-order chi connectivity index (χ0) is 12.3. The van der Waals surface area contributed by atoms with Gasteiger partial charge < -0.3 is 5.11 Å². The van der Waals surface area contributed by atoms with E-state index < -0.39 is 6.10 Å². The van der Waals surface area contributed by atoms with Crippen molar-refractivity contribution < 1.29 is 5.11 Å². The maximum Gasteiger partial charge on any atom is 0.0981 e. The molecule has 1 heterocycles. The molecule has 1 unspecified atom stereocenters. The van der Waals surface area contributed by atoms with Crippen molar-refractivity contribution >= 4 is 0 Å². The predicted octanol–water partition coefficient (Wildman–Crippen LogP) is 2.39. The first-order valence-electron chi connectivity index (χ1n) is 5.88. The molecule has 2 aromatic rings. The first-order valence-corrected chi connectivity index (χ1v) is 5.88. The number of aliphatic hydroxyl groups excluding tert-OH is 1. The van der Waals surface area contributed by atoms with Crippen LogP contribution in [0.2, 0.25) is 0 Å². The van der Waals surface area contributed by atoms with Crippen molar-refractivity contribution in [1.82, 2.24) is 9.78 Å². The molecule has 0 radical (unpaired) electrons. The zero-order valence-electron chi connectivity index (χ0n) is 10.3. The Kier molecular flexibility index (Phi) is 3.59. The van der Waals surface area contributed by atoms with Crippen LogP contribution in [-0.4, -0.2) is 14.9 Å². The van der Waals surface area contributed by atoms with E-state index in [-0.39, 0.29) is 0 Å². The minimum absolute atomic E-state index is 0.475. The molecule has 3 nitrogen and oxygen atoms in total. The maximum atomic E-state index is 9.99. The predicted molar refractivity (Wildman–Crippen MR) is 67.7 cm³/mol. The molecule has 0 aliphatic rings. The lowest BCUT2D eigenvalue weighted by atomic mass is 10.0. The molecule has 0 fully saturated rings. The number of benzene rings is 1. The van der Waals surface area contributed by atoms with Gasteiger partial charge in [0, 0.05) is 13.2 Å². The minimum Gasteiger partial charge on any atom is -0.387 e. The van der Waals surface area contributed by atoms with Gasteiger partial charge in [-0.1, -0.05) is 29.8 Å². The van der Waals surface area contributed by atoms with Gasteiger partial charge in [0.2, 0.25) is 0 Å². The molecular formula is C14H18N2O. The fourth-order valence-corrected chi connectivity index (χ4v) is 1.93. The van der Waals surface area contributed by atoms with Gasteiger partial charge in [-0.05, 0) is 31.4 Å². The van der Waals surface area contributed by atoms with Crippen molar-refractivity contribution in [3.8, 4) is 0 Å². The summed E-state index contributed by atoms with van der Waals surface area (Å²) in [7, 11) is 1.86. The van der Waals surface area contributed by atoms with Crippen LogP contribution >= 0.6 is 0 Å². The highest BCUT2D eigenvalue weighted by Gasteiger charge is 2.10. The van der Waals surface area contributed by atoms with Crippen LogP contribution in [0.4, 0.5) is 0 Å². The summed E-state index contributed by atoms with van der Waals surface area (Å²) in [5.74, 6) is 0. The molecule has 1 N–H and O–H groups in total. The lowest BCUT2D eigenvalue weighted by Gasteiger charge is -2.08. The Morgan fingerprint density at radius 3 is 2.82 bits per heavy atom. The Bertz CT molecular complexity index is 490. The number of hydrogen-bond donors (Lipinski definition) is 1. The quantitative estimate of drug-likeness (QED) is 0.875. The summed E-state index contributed by atoms with van der Waals surface area (Å²) < 4.78 is 1.71. The Hall–Kier alpha value is -1.61. The Morgan fingerprint density at radius 1 is 1.35 bits per heavy atom. The summed E-state index contributed by atoms with van der Waals surface area (Å²) >= 11 is 0. The third-order valence-electron chi connectivity index (χ3n) is 2.86. The first-order chi connectivity index (χ1) is 8.15. The fourth-order valence-electron chi connectivity index (χ4n) is 1.93. The van der Waals surface area contributed by atoms with Crippen LogP contribution in [0.5, 0.6) is 0 Å². The number of rotatable bonds is 4. The van der Waals surface area contributed by atoms with E-state index in [2.05, 4.69) is 36.3 Å². The van der Waals surface area contributed by atoms with Gasteiger partial charge in [0.25, 0.3) is 0 Å². The van der Waals surface area contributed by atoms with Crippen LogP contribution in [0.1, 0.15) is 29.3 Å². The molecule has 1 atom stereocenters. The average Bonchev–Trinajstić information content (AvgIpc) is 2.73. The van der Waals surface area contributed by atoms with Crippen LogP contribution < -0.4 is 0 Å². The van der Waals surface area contributed by atoms with Crippen LogP contribution in [0.15, 0.2) is 36.5 Å². The molecule has 1 aromatic carbocycles. The maximum absolute atomic E-state index is 9.99. The van der Waals surface area contributed by atoms with Crippen LogP contribution in [0.3, 0.4) is 0 Å². The SMILES string of the molecule is Cc1cccc(CCC(O)c2ccn(C)n2)c1. The molecular weight excluding hydrogens is 212 g/mol. The number of nitrogens with zero attached hydrogens (tertiary/aromatic N) is 2. The third kappa shape index (κ3) is 3.17. The van der Waals surface area contributed by atoms with E-state index in [9.17, 15) is 5.11 Å². The lowest BCUT2D eigenvalue weighted by molar-refractivity contribution is 0.162. The van der Waals surface area contributed by atoms with E-state index in [1.165, 1.54) is 11.1 Å². The first kappa shape index (κ1) is 11.9. The highest BCUT2D eigenvalue weighted by atomic mass is 16.3. The van der Waals surface area contributed by atoms with Crippen molar-refractivity contribution in [2.24, 2.45) is 7.05 Å². The van der Waals surface area contributed by atoms with Gasteiger partial charge in [-0.15, -0.1) is 0 Å². The van der Waals surface area contributed by atoms with Gasteiger partial charge in [-0.25, -0.2) is 0 Å². The Balaban J connectivity index is 1.94. The van der Waals surface area contributed by atoms with Gasteiger partial charge in [-0.2, -0.15) is 5.10 Å². The molecule has 0 amide bonds. The fraction of sp³-hybridized carbons (Fsp3) is 0.357. The average molecular weight is 230 g/mol. The van der Waals surface area contributed by atoms with E-state index in [1.54, 1.807) is 4.68 Å². The van der Waals surface area contributed by atoms with Gasteiger partial charge in [0.15, 0.2) is 0 Å². The molecule has 0 aliphatic carbocycles. The molecule has 1 aromatic heterocycles. The van der Waals surface area contributed by atoms with Crippen molar-refractivity contribution in [3.63, 3.8) is 0 Å². The lowest BCUT2D eigenvalue weighted by Crippen LogP contribution is -2.01. The number of aryl methyl sites for hydroxylation is 3. The summed E-state index contributed by atoms with van der Waals surface area (Å²) in [6.07, 6.45) is 2.96. The standard InChI is InChI=1S/C14H18N2O/c1-11-4-3-5-12(10-11)6-7-14(17)13-8-9-16(2)15-13/h3-5,8-10,14,17H,6-7H2,1-2H3. The Labute approximate surface area is 102 Å². The van der Waals surface area contributed by atoms with Gasteiger partial charge in [0.05, 0.1) is 11.8 Å². The van der Waals surface area contributed by atoms with E-state index in [0.717, 1.165) is 12.1 Å². The number of aliphatic hydroxyl groups is 1. The third-order valence-corrected chi connectivity index (χ3v) is 2.86. The molecule has 0 saturated heterocycles. The van der Waals surface area contributed by atoms with E-state index in [1.807, 2.05) is 19.3 Å². The highest BCUT2D eigenvalue weighted by molar-refractivity contribution is 5.22. The summed E-state index contributed by atoms with van der Waals surface area (Å²) in [5, 5.41) is 14.2. The Morgan fingerprint density at radius 2 is 2.18 bits per heavy atom. The van der Waals surface area contributed by atoms with E-state index >= 15 is 0 Å². The van der Waals surface area contributed by atoms with Crippen molar-refractivity contribution in [2.45, 2.75) is 25.9 Å². The largest absolute Gasteiger partial charge is 0.387 e. The molecule has 0 bridgehead atoms. The molecule has 0 saturated carbocycles. The minimum atomic E-state index is -0.475. The van der Waals surface area contributed by atoms with Crippen LogP contribution in [0, 0.1) is 6.92 Å². The van der Waals surface area contributed by atoms with Gasteiger partial charge in [-0.3, -0.25) is 4.68 Å². The smallest absolute Gasteiger partial charge is 0.0981 e. The van der Waals surface area contributed by atoms with Crippen molar-refractivity contribution in [3.05, 3.63) is 53.3 Å². The van der Waals surface area contributed by atoms with E-state index in [0.29, 0.717) is 6.42 Å². The molecule has 2 rings (SSSR count). The van der Waals surface area contributed by atoms with Crippen molar-refractivity contribution in [1.29, 1.82) is 0 Å². The molecule has 17 heavy (non-hydrogen) atoms. The molecule has 3 heteroatoms. The molecule has 0 spiro atoms. The molecule has 90 valence electrons. The monoisotopic (exact) mass is 230 g/mol. The van der Waals surface area contributed by atoms with Crippen LogP contribution in [0.25, 0.3) is 0 Å². The topological polar surface area (TPSA) is 38.0 Å². The number of aromatic nitrogens is 2. The second-order valence-corrected chi connectivity index (χ2v) is 4.46. The second kappa shape index (κ2) is 5.15. The van der Waals surface area contributed by atoms with Gasteiger partial charge in [0.1, 0.15) is 0 Å². The second-order valence-electron chi connectivity index (χ2n) is 4.46. The summed E-state index contributed by atoms with van der Waals surface area (Å²) in [4.78, 5) is 0. The summed E-state index contributed by atoms with van der Waals surface area (Å²) in [6.45, 7) is 2.08. The van der Waals surface area contributed by atoms with Crippen LogP contribution in [-0.2, 0) is 13.5 Å². The zero-order valence-corrected chi connectivity index (χ0v) is 10.3. The van der Waals surface area contributed by atoms with Crippen molar-refractivity contribution in [2.75, 3.05) is 0 Å². The highest BCUT2D eigenvalue weighted by Crippen LogP contribution is 2.17. The normalized spacial score (nSPS) is 12.6.